The van der Waals surface area contributed by atoms with E-state index in [9.17, 15) is 9.90 Å². The molecule has 1 rings (SSSR count). The lowest BCUT2D eigenvalue weighted by Gasteiger charge is -2.38. The van der Waals surface area contributed by atoms with Crippen LogP contribution in [0.3, 0.4) is 0 Å². The van der Waals surface area contributed by atoms with Crippen molar-refractivity contribution in [2.24, 2.45) is 0 Å². The molecule has 0 radical (unpaired) electrons. The molecule has 0 aromatic heterocycles. The number of unbranched alkanes of at least 4 members (excludes halogenated alkanes) is 2. The van der Waals surface area contributed by atoms with Crippen LogP contribution in [-0.2, 0) is 0 Å². The van der Waals surface area contributed by atoms with Gasteiger partial charge >= 0.3 is 0 Å². The van der Waals surface area contributed by atoms with E-state index in [1.165, 1.54) is 4.90 Å². The number of hydrogen-bond acceptors (Lipinski definition) is 2. The molecule has 0 bridgehead atoms. The number of benzene rings is 1. The normalized spacial score (nSPS) is 13.8. The first-order valence-corrected chi connectivity index (χ1v) is 7.66. The van der Waals surface area contributed by atoms with Crippen molar-refractivity contribution in [3.05, 3.63) is 35.9 Å². The number of hydrogen-bond donors (Lipinski definition) is 0. The van der Waals surface area contributed by atoms with Gasteiger partial charge in [0.25, 0.3) is 0 Å². The summed E-state index contributed by atoms with van der Waals surface area (Å²) in [4.78, 5) is 13.1. The summed E-state index contributed by atoms with van der Waals surface area (Å²) in [6.45, 7) is 6.14. The molecule has 1 aromatic carbocycles. The molecule has 0 saturated heterocycles. The monoisotopic (exact) mass is 276 g/mol. The third-order valence-corrected chi connectivity index (χ3v) is 3.92. The third-order valence-electron chi connectivity index (χ3n) is 3.92. The summed E-state index contributed by atoms with van der Waals surface area (Å²) in [5.41, 5.74) is 1.02. The van der Waals surface area contributed by atoms with Crippen molar-refractivity contribution in [3.8, 4) is 0 Å². The van der Waals surface area contributed by atoms with Crippen LogP contribution in [0.4, 0.5) is 4.79 Å². The number of carbonyl (C=O) groups excluding carboxylic acids is 1. The summed E-state index contributed by atoms with van der Waals surface area (Å²) < 4.78 is 0. The fraction of sp³-hybridized carbons (Fsp3) is 0.588. The van der Waals surface area contributed by atoms with Crippen molar-refractivity contribution in [1.29, 1.82) is 0 Å². The van der Waals surface area contributed by atoms with Crippen molar-refractivity contribution >= 4 is 6.09 Å². The van der Waals surface area contributed by atoms with Crippen molar-refractivity contribution in [2.75, 3.05) is 0 Å². The molecular formula is C17H26NO2-. The zero-order valence-electron chi connectivity index (χ0n) is 12.8. The first-order valence-electron chi connectivity index (χ1n) is 7.66. The van der Waals surface area contributed by atoms with E-state index in [1.807, 2.05) is 44.2 Å². The van der Waals surface area contributed by atoms with Gasteiger partial charge in [0.15, 0.2) is 0 Å². The molecule has 0 aliphatic heterocycles. The second-order valence-electron chi connectivity index (χ2n) is 5.32. The molecule has 2 atom stereocenters. The predicted molar refractivity (Wildman–Crippen MR) is 80.3 cm³/mol. The minimum Gasteiger partial charge on any atom is -0.530 e. The molecule has 2 unspecified atom stereocenters. The maximum Gasteiger partial charge on any atom is 0.137 e. The number of nitrogens with zero attached hydrogens (tertiary/aromatic N) is 1. The number of amides is 1. The summed E-state index contributed by atoms with van der Waals surface area (Å²) in [6, 6.07) is 9.65. The Morgan fingerprint density at radius 3 is 2.35 bits per heavy atom. The van der Waals surface area contributed by atoms with Crippen LogP contribution in [0.15, 0.2) is 30.3 Å². The van der Waals surface area contributed by atoms with Crippen LogP contribution < -0.4 is 5.11 Å². The molecule has 1 amide bonds. The van der Waals surface area contributed by atoms with Gasteiger partial charge in [0, 0.05) is 6.04 Å². The highest BCUT2D eigenvalue weighted by atomic mass is 16.4. The molecule has 3 nitrogen and oxygen atoms in total. The van der Waals surface area contributed by atoms with Gasteiger partial charge in [0.1, 0.15) is 6.09 Å². The Hall–Kier alpha value is -1.51. The van der Waals surface area contributed by atoms with Crippen LogP contribution in [-0.4, -0.2) is 17.0 Å². The molecule has 0 N–H and O–H groups in total. The molecule has 0 heterocycles. The number of carboxylic acid groups (broad SMARTS) is 1. The first-order chi connectivity index (χ1) is 9.61. The first kappa shape index (κ1) is 16.5. The molecule has 3 heteroatoms. The SMILES string of the molecule is CCCCCC(CC)N(C(=O)[O-])C(C)c1ccccc1. The molecule has 0 spiro atoms. The molecule has 0 aliphatic rings. The van der Waals surface area contributed by atoms with E-state index in [2.05, 4.69) is 6.92 Å². The Bertz CT molecular complexity index is 391. The van der Waals surface area contributed by atoms with Crippen molar-refractivity contribution in [2.45, 2.75) is 65.0 Å². The van der Waals surface area contributed by atoms with Crippen LogP contribution in [0.1, 0.15) is 64.5 Å². The van der Waals surface area contributed by atoms with Gasteiger partial charge in [-0.1, -0.05) is 63.4 Å². The van der Waals surface area contributed by atoms with Crippen molar-refractivity contribution in [3.63, 3.8) is 0 Å². The average molecular weight is 276 g/mol. The topological polar surface area (TPSA) is 43.4 Å². The Morgan fingerprint density at radius 1 is 1.20 bits per heavy atom. The highest BCUT2D eigenvalue weighted by Gasteiger charge is 2.22. The standard InChI is InChI=1S/C17H27NO2/c1-4-6-8-13-16(5-2)18(17(19)20)14(3)15-11-9-7-10-12-15/h7,9-12,14,16H,4-6,8,13H2,1-3H3,(H,19,20)/p-1. The van der Waals surface area contributed by atoms with Gasteiger partial charge in [-0.25, -0.2) is 0 Å². The van der Waals surface area contributed by atoms with E-state index in [0.29, 0.717) is 0 Å². The highest BCUT2D eigenvalue weighted by molar-refractivity contribution is 5.63. The zero-order valence-corrected chi connectivity index (χ0v) is 12.8. The molecule has 0 fully saturated rings. The summed E-state index contributed by atoms with van der Waals surface area (Å²) in [5.74, 6) is 0. The molecule has 0 saturated carbocycles. The van der Waals surface area contributed by atoms with E-state index in [1.54, 1.807) is 0 Å². The summed E-state index contributed by atoms with van der Waals surface area (Å²) in [6.07, 6.45) is 4.04. The Balaban J connectivity index is 2.83. The van der Waals surface area contributed by atoms with Crippen molar-refractivity contribution < 1.29 is 9.90 Å². The van der Waals surface area contributed by atoms with Crippen LogP contribution in [0, 0.1) is 0 Å². The second kappa shape index (κ2) is 8.62. The van der Waals surface area contributed by atoms with Crippen LogP contribution in [0.2, 0.25) is 0 Å². The molecule has 0 aliphatic carbocycles. The second-order valence-corrected chi connectivity index (χ2v) is 5.32. The van der Waals surface area contributed by atoms with Crippen LogP contribution in [0.25, 0.3) is 0 Å². The van der Waals surface area contributed by atoms with Gasteiger partial charge < -0.3 is 14.8 Å². The van der Waals surface area contributed by atoms with E-state index >= 15 is 0 Å². The van der Waals surface area contributed by atoms with Gasteiger partial charge in [0.2, 0.25) is 0 Å². The lowest BCUT2D eigenvalue weighted by Crippen LogP contribution is -2.48. The lowest BCUT2D eigenvalue weighted by molar-refractivity contribution is -0.271. The highest BCUT2D eigenvalue weighted by Crippen LogP contribution is 2.25. The van der Waals surface area contributed by atoms with Crippen molar-refractivity contribution in [1.82, 2.24) is 4.90 Å². The summed E-state index contributed by atoms with van der Waals surface area (Å²) >= 11 is 0. The van der Waals surface area contributed by atoms with E-state index in [0.717, 1.165) is 37.7 Å². The maximum absolute atomic E-state index is 11.6. The Labute approximate surface area is 122 Å². The Kier molecular flexibility index (Phi) is 7.13. The van der Waals surface area contributed by atoms with Crippen LogP contribution in [0.5, 0.6) is 0 Å². The lowest BCUT2D eigenvalue weighted by atomic mass is 10.00. The quantitative estimate of drug-likeness (QED) is 0.679. The molecule has 1 aromatic rings. The summed E-state index contributed by atoms with van der Waals surface area (Å²) in [7, 11) is 0. The zero-order chi connectivity index (χ0) is 15.0. The van der Waals surface area contributed by atoms with Gasteiger partial charge in [-0.3, -0.25) is 0 Å². The minimum atomic E-state index is -1.07. The number of rotatable bonds is 8. The minimum absolute atomic E-state index is 0.0433. The largest absolute Gasteiger partial charge is 0.530 e. The molecular weight excluding hydrogens is 250 g/mol. The van der Waals surface area contributed by atoms with E-state index in [-0.39, 0.29) is 12.1 Å². The van der Waals surface area contributed by atoms with Gasteiger partial charge in [-0.15, -0.1) is 0 Å². The van der Waals surface area contributed by atoms with E-state index < -0.39 is 6.09 Å². The van der Waals surface area contributed by atoms with Gasteiger partial charge in [-0.2, -0.15) is 0 Å². The van der Waals surface area contributed by atoms with Crippen LogP contribution >= 0.6 is 0 Å². The number of carbonyl (C=O) groups is 1. The smallest absolute Gasteiger partial charge is 0.137 e. The fourth-order valence-corrected chi connectivity index (χ4v) is 2.69. The molecule has 112 valence electrons. The maximum atomic E-state index is 11.6. The average Bonchev–Trinajstić information content (AvgIpc) is 2.46. The predicted octanol–water partition coefficient (Wildman–Crippen LogP) is 3.75. The third kappa shape index (κ3) is 4.55. The van der Waals surface area contributed by atoms with Gasteiger partial charge in [0.05, 0.1) is 6.04 Å². The van der Waals surface area contributed by atoms with Gasteiger partial charge in [-0.05, 0) is 25.3 Å². The fourth-order valence-electron chi connectivity index (χ4n) is 2.69. The molecule has 20 heavy (non-hydrogen) atoms. The Morgan fingerprint density at radius 2 is 1.85 bits per heavy atom. The summed E-state index contributed by atoms with van der Waals surface area (Å²) in [5, 5.41) is 11.6. The van der Waals surface area contributed by atoms with E-state index in [4.69, 9.17) is 0 Å².